The van der Waals surface area contributed by atoms with Crippen molar-refractivity contribution >= 4 is 0 Å². The second kappa shape index (κ2) is 6.56. The van der Waals surface area contributed by atoms with Crippen LogP contribution < -0.4 is 0 Å². The lowest BCUT2D eigenvalue weighted by atomic mass is 9.44. The third kappa shape index (κ3) is 2.96. The molecule has 1 aromatic rings. The number of rotatable bonds is 2. The summed E-state index contributed by atoms with van der Waals surface area (Å²) in [4.78, 5) is 0. The standard InChI is InChI=1S/C25H39NO3/c1-15(27)22-13-21(26-29-22)20-8-7-18-17-6-5-16-14-23(2,28)11-12-24(16,3)19(17)9-10-25(18,20)4/h13,15-20,27-28H,5-12,14H2,1-4H3/t15?,16-,17?,18?,19?,20+,23+,24-,25-/m0/s1. The van der Waals surface area contributed by atoms with Crippen molar-refractivity contribution in [2.24, 2.45) is 34.5 Å². The molecular weight excluding hydrogens is 362 g/mol. The zero-order valence-corrected chi connectivity index (χ0v) is 18.7. The van der Waals surface area contributed by atoms with Crippen molar-refractivity contribution in [3.05, 3.63) is 17.5 Å². The Labute approximate surface area is 175 Å². The fourth-order valence-electron chi connectivity index (χ4n) is 8.58. The molecule has 4 heteroatoms. The smallest absolute Gasteiger partial charge is 0.165 e. The minimum Gasteiger partial charge on any atom is -0.390 e. The summed E-state index contributed by atoms with van der Waals surface area (Å²) in [5.74, 6) is 4.17. The van der Waals surface area contributed by atoms with Crippen LogP contribution in [0.25, 0.3) is 0 Å². The Morgan fingerprint density at radius 3 is 2.48 bits per heavy atom. The first kappa shape index (κ1) is 20.1. The van der Waals surface area contributed by atoms with E-state index in [2.05, 4.69) is 25.9 Å². The van der Waals surface area contributed by atoms with E-state index >= 15 is 0 Å². The molecule has 29 heavy (non-hydrogen) atoms. The highest BCUT2D eigenvalue weighted by Gasteiger charge is 2.61. The maximum atomic E-state index is 10.7. The van der Waals surface area contributed by atoms with Gasteiger partial charge in [0.1, 0.15) is 6.10 Å². The van der Waals surface area contributed by atoms with E-state index < -0.39 is 11.7 Å². The summed E-state index contributed by atoms with van der Waals surface area (Å²) >= 11 is 0. The lowest BCUT2D eigenvalue weighted by Gasteiger charge is -2.61. The first-order valence-corrected chi connectivity index (χ1v) is 12.0. The minimum atomic E-state index is -0.587. The molecule has 4 nitrogen and oxygen atoms in total. The molecule has 0 bridgehead atoms. The average molecular weight is 402 g/mol. The number of fused-ring (bicyclic) bond motifs is 5. The molecule has 162 valence electrons. The second-order valence-electron chi connectivity index (χ2n) is 11.9. The SMILES string of the molecule is CC(O)c1cc([C@H]2CCC3C4CC[C@H]5C[C@](C)(O)CC[C@]5(C)C4CC[C@@]32C)no1. The number of hydrogen-bond donors (Lipinski definition) is 2. The van der Waals surface area contributed by atoms with Crippen LogP contribution in [0.2, 0.25) is 0 Å². The minimum absolute atomic E-state index is 0.303. The number of hydrogen-bond acceptors (Lipinski definition) is 4. The zero-order valence-electron chi connectivity index (χ0n) is 18.7. The molecule has 0 radical (unpaired) electrons. The van der Waals surface area contributed by atoms with Gasteiger partial charge in [0, 0.05) is 12.0 Å². The summed E-state index contributed by atoms with van der Waals surface area (Å²) in [6.07, 6.45) is 10.3. The Morgan fingerprint density at radius 2 is 1.76 bits per heavy atom. The van der Waals surface area contributed by atoms with Crippen molar-refractivity contribution in [3.8, 4) is 0 Å². The molecule has 0 amide bonds. The second-order valence-corrected chi connectivity index (χ2v) is 11.9. The van der Waals surface area contributed by atoms with Crippen LogP contribution in [0.15, 0.2) is 10.6 Å². The van der Waals surface area contributed by atoms with Crippen molar-refractivity contribution in [2.45, 2.75) is 103 Å². The molecule has 1 aromatic heterocycles. The van der Waals surface area contributed by atoms with Gasteiger partial charge in [-0.05, 0) is 106 Å². The predicted octanol–water partition coefficient (Wildman–Crippen LogP) is 5.61. The molecule has 5 rings (SSSR count). The molecule has 4 fully saturated rings. The monoisotopic (exact) mass is 401 g/mol. The Hall–Kier alpha value is -0.870. The van der Waals surface area contributed by atoms with E-state index in [0.29, 0.717) is 28.4 Å². The Balaban J connectivity index is 1.40. The van der Waals surface area contributed by atoms with Crippen LogP contribution in [0, 0.1) is 34.5 Å². The van der Waals surface area contributed by atoms with Crippen molar-refractivity contribution in [2.75, 3.05) is 0 Å². The van der Waals surface area contributed by atoms with E-state index in [0.717, 1.165) is 36.3 Å². The fraction of sp³-hybridized carbons (Fsp3) is 0.880. The number of nitrogens with zero attached hydrogens (tertiary/aromatic N) is 1. The number of aliphatic hydroxyl groups excluding tert-OH is 1. The van der Waals surface area contributed by atoms with Gasteiger partial charge in [-0.15, -0.1) is 0 Å². The summed E-state index contributed by atoms with van der Waals surface area (Å²) < 4.78 is 5.45. The maximum absolute atomic E-state index is 10.7. The van der Waals surface area contributed by atoms with Crippen molar-refractivity contribution in [1.82, 2.24) is 5.16 Å². The van der Waals surface area contributed by atoms with Gasteiger partial charge in [-0.3, -0.25) is 0 Å². The summed E-state index contributed by atoms with van der Waals surface area (Å²) in [5.41, 5.74) is 1.33. The Kier molecular flexibility index (Phi) is 4.54. The van der Waals surface area contributed by atoms with Crippen LogP contribution in [-0.4, -0.2) is 21.0 Å². The largest absolute Gasteiger partial charge is 0.390 e. The van der Waals surface area contributed by atoms with Gasteiger partial charge >= 0.3 is 0 Å². The van der Waals surface area contributed by atoms with Crippen LogP contribution >= 0.6 is 0 Å². The van der Waals surface area contributed by atoms with Crippen molar-refractivity contribution in [3.63, 3.8) is 0 Å². The highest BCUT2D eigenvalue weighted by Crippen LogP contribution is 2.69. The molecule has 4 aliphatic rings. The Bertz CT molecular complexity index is 770. The van der Waals surface area contributed by atoms with E-state index in [9.17, 15) is 10.2 Å². The molecule has 9 atom stereocenters. The summed E-state index contributed by atoms with van der Waals surface area (Å²) in [7, 11) is 0. The molecule has 4 aliphatic carbocycles. The molecule has 0 spiro atoms. The molecule has 1 heterocycles. The molecule has 0 aliphatic heterocycles. The van der Waals surface area contributed by atoms with Crippen LogP contribution in [-0.2, 0) is 0 Å². The average Bonchev–Trinajstić information content (AvgIpc) is 3.26. The van der Waals surface area contributed by atoms with Gasteiger partial charge in [-0.2, -0.15) is 0 Å². The van der Waals surface area contributed by atoms with E-state index in [1.165, 1.54) is 44.9 Å². The predicted molar refractivity (Wildman–Crippen MR) is 112 cm³/mol. The lowest BCUT2D eigenvalue weighted by molar-refractivity contribution is -0.143. The highest BCUT2D eigenvalue weighted by atomic mass is 16.5. The molecule has 0 saturated heterocycles. The summed E-state index contributed by atoms with van der Waals surface area (Å²) in [6.45, 7) is 8.88. The first-order chi connectivity index (χ1) is 13.6. The van der Waals surface area contributed by atoms with Gasteiger partial charge in [-0.1, -0.05) is 19.0 Å². The topological polar surface area (TPSA) is 66.5 Å². The lowest BCUT2D eigenvalue weighted by Crippen LogP contribution is -2.55. The van der Waals surface area contributed by atoms with Gasteiger partial charge in [0.15, 0.2) is 5.76 Å². The molecule has 4 saturated carbocycles. The highest BCUT2D eigenvalue weighted by molar-refractivity contribution is 5.21. The summed E-state index contributed by atoms with van der Waals surface area (Å²) in [6, 6.07) is 2.01. The molecule has 2 N–H and O–H groups in total. The van der Waals surface area contributed by atoms with Gasteiger partial charge in [0.05, 0.1) is 11.3 Å². The maximum Gasteiger partial charge on any atom is 0.165 e. The van der Waals surface area contributed by atoms with Crippen molar-refractivity contribution in [1.29, 1.82) is 0 Å². The summed E-state index contributed by atoms with van der Waals surface area (Å²) in [5, 5.41) is 24.9. The van der Waals surface area contributed by atoms with Crippen molar-refractivity contribution < 1.29 is 14.7 Å². The van der Waals surface area contributed by atoms with E-state index in [-0.39, 0.29) is 0 Å². The Morgan fingerprint density at radius 1 is 1.00 bits per heavy atom. The van der Waals surface area contributed by atoms with Crippen LogP contribution in [0.3, 0.4) is 0 Å². The number of aromatic nitrogens is 1. The molecule has 0 aromatic carbocycles. The number of aliphatic hydroxyl groups is 2. The first-order valence-electron chi connectivity index (χ1n) is 12.0. The third-order valence-electron chi connectivity index (χ3n) is 10.3. The van der Waals surface area contributed by atoms with E-state index in [1.54, 1.807) is 6.92 Å². The van der Waals surface area contributed by atoms with Gasteiger partial charge in [-0.25, -0.2) is 0 Å². The van der Waals surface area contributed by atoms with Gasteiger partial charge in [0.2, 0.25) is 0 Å². The normalized spacial score (nSPS) is 50.5. The zero-order chi connectivity index (χ0) is 20.6. The van der Waals surface area contributed by atoms with E-state index in [4.69, 9.17) is 4.52 Å². The van der Waals surface area contributed by atoms with Crippen LogP contribution in [0.4, 0.5) is 0 Å². The van der Waals surface area contributed by atoms with Crippen LogP contribution in [0.1, 0.15) is 109 Å². The van der Waals surface area contributed by atoms with Gasteiger partial charge < -0.3 is 14.7 Å². The van der Waals surface area contributed by atoms with Crippen LogP contribution in [0.5, 0.6) is 0 Å². The third-order valence-corrected chi connectivity index (χ3v) is 10.3. The molecule has 4 unspecified atom stereocenters. The fourth-order valence-corrected chi connectivity index (χ4v) is 8.58. The molecular formula is C25H39NO3. The van der Waals surface area contributed by atoms with E-state index in [1.807, 2.05) is 6.07 Å². The van der Waals surface area contributed by atoms with Gasteiger partial charge in [0.25, 0.3) is 0 Å². The quantitative estimate of drug-likeness (QED) is 0.676.